The molecule has 5 nitrogen and oxygen atoms in total. The highest BCUT2D eigenvalue weighted by atomic mass is 16.5. The Kier molecular flexibility index (Phi) is 3.85. The van der Waals surface area contributed by atoms with Crippen molar-refractivity contribution in [2.45, 2.75) is 13.5 Å². The number of anilines is 1. The zero-order chi connectivity index (χ0) is 13.8. The second-order valence-corrected chi connectivity index (χ2v) is 4.34. The average molecular weight is 259 g/mol. The third-order valence-corrected chi connectivity index (χ3v) is 2.96. The van der Waals surface area contributed by atoms with Gasteiger partial charge >= 0.3 is 5.97 Å². The second-order valence-electron chi connectivity index (χ2n) is 4.34. The average Bonchev–Trinajstić information content (AvgIpc) is 2.82. The molecule has 0 radical (unpaired) electrons. The van der Waals surface area contributed by atoms with Gasteiger partial charge in [-0.2, -0.15) is 5.10 Å². The van der Waals surface area contributed by atoms with Crippen LogP contribution < -0.4 is 5.32 Å². The molecule has 0 aliphatic carbocycles. The van der Waals surface area contributed by atoms with Gasteiger partial charge in [-0.05, 0) is 25.1 Å². The van der Waals surface area contributed by atoms with Crippen molar-refractivity contribution in [3.63, 3.8) is 0 Å². The zero-order valence-corrected chi connectivity index (χ0v) is 11.3. The summed E-state index contributed by atoms with van der Waals surface area (Å²) in [5, 5.41) is 7.34. The van der Waals surface area contributed by atoms with Crippen LogP contribution in [0.5, 0.6) is 0 Å². The highest BCUT2D eigenvalue weighted by molar-refractivity contribution is 5.95. The third kappa shape index (κ3) is 2.93. The van der Waals surface area contributed by atoms with Crippen LogP contribution in [0.15, 0.2) is 30.5 Å². The van der Waals surface area contributed by atoms with Gasteiger partial charge in [0.1, 0.15) is 0 Å². The topological polar surface area (TPSA) is 56.1 Å². The van der Waals surface area contributed by atoms with Crippen LogP contribution in [0.1, 0.15) is 21.6 Å². The summed E-state index contributed by atoms with van der Waals surface area (Å²) in [5.41, 5.74) is 3.37. The van der Waals surface area contributed by atoms with E-state index in [1.54, 1.807) is 10.9 Å². The van der Waals surface area contributed by atoms with Crippen LogP contribution >= 0.6 is 0 Å². The van der Waals surface area contributed by atoms with Crippen LogP contribution in [0.2, 0.25) is 0 Å². The number of aromatic nitrogens is 2. The minimum Gasteiger partial charge on any atom is -0.465 e. The molecule has 0 bridgehead atoms. The number of carbonyl (C=O) groups excluding carboxylic acids is 1. The third-order valence-electron chi connectivity index (χ3n) is 2.96. The van der Waals surface area contributed by atoms with Crippen molar-refractivity contribution in [3.05, 3.63) is 47.3 Å². The maximum absolute atomic E-state index is 11.7. The SMILES string of the molecule is COC(=O)c1cc(C)ccc1NCc1ccnn1C. The van der Waals surface area contributed by atoms with E-state index < -0.39 is 0 Å². The predicted octanol–water partition coefficient (Wildman–Crippen LogP) is 2.13. The van der Waals surface area contributed by atoms with E-state index in [0.29, 0.717) is 12.1 Å². The van der Waals surface area contributed by atoms with Crippen molar-refractivity contribution < 1.29 is 9.53 Å². The Balaban J connectivity index is 2.20. The van der Waals surface area contributed by atoms with Crippen molar-refractivity contribution in [2.24, 2.45) is 7.05 Å². The standard InChI is InChI=1S/C14H17N3O2/c1-10-4-5-13(12(8-10)14(18)19-3)15-9-11-6-7-16-17(11)2/h4-8,15H,9H2,1-3H3. The molecule has 0 aliphatic rings. The molecule has 0 atom stereocenters. The van der Waals surface area contributed by atoms with Gasteiger partial charge in [0.05, 0.1) is 24.9 Å². The van der Waals surface area contributed by atoms with Gasteiger partial charge in [-0.15, -0.1) is 0 Å². The smallest absolute Gasteiger partial charge is 0.339 e. The number of esters is 1. The van der Waals surface area contributed by atoms with Crippen LogP contribution in [0.3, 0.4) is 0 Å². The first-order valence-corrected chi connectivity index (χ1v) is 6.01. The lowest BCUT2D eigenvalue weighted by molar-refractivity contribution is 0.0601. The monoisotopic (exact) mass is 259 g/mol. The first-order valence-electron chi connectivity index (χ1n) is 6.01. The Morgan fingerprint density at radius 3 is 2.84 bits per heavy atom. The Bertz CT molecular complexity index is 590. The van der Waals surface area contributed by atoms with Crippen molar-refractivity contribution in [2.75, 3.05) is 12.4 Å². The van der Waals surface area contributed by atoms with E-state index in [4.69, 9.17) is 4.74 Å². The van der Waals surface area contributed by atoms with E-state index in [0.717, 1.165) is 16.9 Å². The Morgan fingerprint density at radius 2 is 2.21 bits per heavy atom. The lowest BCUT2D eigenvalue weighted by atomic mass is 10.1. The Labute approximate surface area is 112 Å². The number of nitrogens with zero attached hydrogens (tertiary/aromatic N) is 2. The number of aryl methyl sites for hydroxylation is 2. The van der Waals surface area contributed by atoms with Gasteiger partial charge in [0.15, 0.2) is 0 Å². The van der Waals surface area contributed by atoms with E-state index >= 15 is 0 Å². The van der Waals surface area contributed by atoms with E-state index in [-0.39, 0.29) is 5.97 Å². The number of hydrogen-bond acceptors (Lipinski definition) is 4. The van der Waals surface area contributed by atoms with Crippen LogP contribution in [-0.2, 0) is 18.3 Å². The normalized spacial score (nSPS) is 10.3. The molecule has 5 heteroatoms. The molecule has 2 aromatic rings. The fourth-order valence-corrected chi connectivity index (χ4v) is 1.85. The molecule has 1 N–H and O–H groups in total. The van der Waals surface area contributed by atoms with Crippen LogP contribution in [0.4, 0.5) is 5.69 Å². The summed E-state index contributed by atoms with van der Waals surface area (Å²) < 4.78 is 6.59. The number of benzene rings is 1. The molecule has 1 aromatic carbocycles. The van der Waals surface area contributed by atoms with Gasteiger partial charge in [0.25, 0.3) is 0 Å². The maximum atomic E-state index is 11.7. The molecule has 19 heavy (non-hydrogen) atoms. The second kappa shape index (κ2) is 5.56. The summed E-state index contributed by atoms with van der Waals surface area (Å²) in [7, 11) is 3.27. The number of methoxy groups -OCH3 is 1. The fourth-order valence-electron chi connectivity index (χ4n) is 1.85. The lowest BCUT2D eigenvalue weighted by Gasteiger charge is -2.11. The fraction of sp³-hybridized carbons (Fsp3) is 0.286. The van der Waals surface area contributed by atoms with Crippen molar-refractivity contribution in [3.8, 4) is 0 Å². The van der Waals surface area contributed by atoms with Gasteiger partial charge < -0.3 is 10.1 Å². The molecule has 100 valence electrons. The summed E-state index contributed by atoms with van der Waals surface area (Å²) in [6, 6.07) is 7.59. The van der Waals surface area contributed by atoms with Gasteiger partial charge in [-0.1, -0.05) is 11.6 Å². The molecule has 0 saturated heterocycles. The van der Waals surface area contributed by atoms with Crippen molar-refractivity contribution in [1.82, 2.24) is 9.78 Å². The largest absolute Gasteiger partial charge is 0.465 e. The Hall–Kier alpha value is -2.30. The number of nitrogens with one attached hydrogen (secondary N) is 1. The highest BCUT2D eigenvalue weighted by Gasteiger charge is 2.12. The number of rotatable bonds is 4. The highest BCUT2D eigenvalue weighted by Crippen LogP contribution is 2.19. The molecule has 0 unspecified atom stereocenters. The number of ether oxygens (including phenoxy) is 1. The molecular weight excluding hydrogens is 242 g/mol. The lowest BCUT2D eigenvalue weighted by Crippen LogP contribution is -2.10. The minimum atomic E-state index is -0.337. The number of carbonyl (C=O) groups is 1. The first kappa shape index (κ1) is 13.1. The number of hydrogen-bond donors (Lipinski definition) is 1. The molecule has 0 saturated carbocycles. The van der Waals surface area contributed by atoms with E-state index in [2.05, 4.69) is 10.4 Å². The van der Waals surface area contributed by atoms with E-state index in [1.165, 1.54) is 7.11 Å². The summed E-state index contributed by atoms with van der Waals surface area (Å²) >= 11 is 0. The molecule has 1 heterocycles. The summed E-state index contributed by atoms with van der Waals surface area (Å²) in [6.45, 7) is 2.54. The maximum Gasteiger partial charge on any atom is 0.339 e. The molecular formula is C14H17N3O2. The van der Waals surface area contributed by atoms with Crippen LogP contribution in [-0.4, -0.2) is 22.9 Å². The molecule has 1 aromatic heterocycles. The molecule has 0 fully saturated rings. The van der Waals surface area contributed by atoms with Gasteiger partial charge in [0, 0.05) is 18.9 Å². The van der Waals surface area contributed by atoms with Crippen molar-refractivity contribution >= 4 is 11.7 Å². The summed E-state index contributed by atoms with van der Waals surface area (Å²) in [5.74, 6) is -0.337. The van der Waals surface area contributed by atoms with E-state index in [9.17, 15) is 4.79 Å². The molecule has 0 aliphatic heterocycles. The van der Waals surface area contributed by atoms with E-state index in [1.807, 2.05) is 38.2 Å². The molecule has 2 rings (SSSR count). The van der Waals surface area contributed by atoms with Gasteiger partial charge in [0.2, 0.25) is 0 Å². The van der Waals surface area contributed by atoms with Gasteiger partial charge in [-0.25, -0.2) is 4.79 Å². The summed E-state index contributed by atoms with van der Waals surface area (Å²) in [4.78, 5) is 11.7. The molecule has 0 spiro atoms. The van der Waals surface area contributed by atoms with Crippen molar-refractivity contribution in [1.29, 1.82) is 0 Å². The zero-order valence-electron chi connectivity index (χ0n) is 11.3. The molecule has 0 amide bonds. The predicted molar refractivity (Wildman–Crippen MR) is 73.1 cm³/mol. The van der Waals surface area contributed by atoms with Crippen LogP contribution in [0, 0.1) is 6.92 Å². The summed E-state index contributed by atoms with van der Waals surface area (Å²) in [6.07, 6.45) is 1.74. The Morgan fingerprint density at radius 1 is 1.42 bits per heavy atom. The minimum absolute atomic E-state index is 0.337. The first-order chi connectivity index (χ1) is 9.11. The van der Waals surface area contributed by atoms with Gasteiger partial charge in [-0.3, -0.25) is 4.68 Å². The van der Waals surface area contributed by atoms with Crippen LogP contribution in [0.25, 0.3) is 0 Å². The quantitative estimate of drug-likeness (QED) is 0.855.